The molecule has 132 valence electrons. The molecule has 1 saturated carbocycles. The SMILES string of the molecule is C[C@H](Sc1nc(Nc2ccccc2)c2ccccc2n1)C(=O)NC1CC1. The Balaban J connectivity index is 1.61. The summed E-state index contributed by atoms with van der Waals surface area (Å²) in [5.74, 6) is 0.797. The fourth-order valence-corrected chi connectivity index (χ4v) is 3.41. The average molecular weight is 364 g/mol. The summed E-state index contributed by atoms with van der Waals surface area (Å²) in [4.78, 5) is 21.5. The van der Waals surface area contributed by atoms with E-state index in [1.807, 2.05) is 61.5 Å². The highest BCUT2D eigenvalue weighted by Gasteiger charge is 2.26. The lowest BCUT2D eigenvalue weighted by Gasteiger charge is -2.13. The van der Waals surface area contributed by atoms with E-state index in [9.17, 15) is 4.79 Å². The lowest BCUT2D eigenvalue weighted by Crippen LogP contribution is -2.32. The quantitative estimate of drug-likeness (QED) is 0.508. The second-order valence-electron chi connectivity index (χ2n) is 6.41. The Bertz CT molecular complexity index is 928. The van der Waals surface area contributed by atoms with Crippen LogP contribution >= 0.6 is 11.8 Å². The second-order valence-corrected chi connectivity index (χ2v) is 7.71. The highest BCUT2D eigenvalue weighted by molar-refractivity contribution is 8.00. The maximum Gasteiger partial charge on any atom is 0.233 e. The molecule has 0 aliphatic heterocycles. The number of benzene rings is 2. The van der Waals surface area contributed by atoms with Gasteiger partial charge in [0.15, 0.2) is 5.16 Å². The zero-order valence-corrected chi connectivity index (χ0v) is 15.3. The Hall–Kier alpha value is -2.60. The molecular formula is C20H20N4OS. The number of carbonyl (C=O) groups excluding carboxylic acids is 1. The van der Waals surface area contributed by atoms with Gasteiger partial charge in [-0.3, -0.25) is 4.79 Å². The third-order valence-corrected chi connectivity index (χ3v) is 5.16. The first kappa shape index (κ1) is 16.8. The van der Waals surface area contributed by atoms with Crippen LogP contribution in [0.4, 0.5) is 11.5 Å². The molecule has 5 nitrogen and oxygen atoms in total. The molecule has 0 radical (unpaired) electrons. The van der Waals surface area contributed by atoms with Crippen LogP contribution in [-0.2, 0) is 4.79 Å². The van der Waals surface area contributed by atoms with Gasteiger partial charge in [-0.15, -0.1) is 0 Å². The van der Waals surface area contributed by atoms with E-state index in [0.717, 1.165) is 35.2 Å². The number of amides is 1. The number of fused-ring (bicyclic) bond motifs is 1. The molecule has 26 heavy (non-hydrogen) atoms. The number of nitrogens with zero attached hydrogens (tertiary/aromatic N) is 2. The number of hydrogen-bond acceptors (Lipinski definition) is 5. The third-order valence-electron chi connectivity index (χ3n) is 4.19. The maximum absolute atomic E-state index is 12.2. The Morgan fingerprint density at radius 1 is 1.08 bits per heavy atom. The molecule has 0 bridgehead atoms. The lowest BCUT2D eigenvalue weighted by molar-refractivity contribution is -0.120. The first-order valence-electron chi connectivity index (χ1n) is 8.75. The maximum atomic E-state index is 12.2. The predicted octanol–water partition coefficient (Wildman–Crippen LogP) is 4.13. The van der Waals surface area contributed by atoms with E-state index in [2.05, 4.69) is 20.6 Å². The summed E-state index contributed by atoms with van der Waals surface area (Å²) < 4.78 is 0. The van der Waals surface area contributed by atoms with Crippen molar-refractivity contribution >= 4 is 40.1 Å². The van der Waals surface area contributed by atoms with Crippen molar-refractivity contribution in [1.29, 1.82) is 0 Å². The van der Waals surface area contributed by atoms with Crippen LogP contribution in [0.5, 0.6) is 0 Å². The van der Waals surface area contributed by atoms with E-state index < -0.39 is 0 Å². The van der Waals surface area contributed by atoms with Gasteiger partial charge in [-0.25, -0.2) is 9.97 Å². The molecule has 4 rings (SSSR count). The lowest BCUT2D eigenvalue weighted by atomic mass is 10.2. The molecular weight excluding hydrogens is 344 g/mol. The summed E-state index contributed by atoms with van der Waals surface area (Å²) in [5, 5.41) is 7.72. The Morgan fingerprint density at radius 2 is 1.81 bits per heavy atom. The molecule has 2 N–H and O–H groups in total. The van der Waals surface area contributed by atoms with Crippen LogP contribution < -0.4 is 10.6 Å². The van der Waals surface area contributed by atoms with Crippen molar-refractivity contribution in [2.45, 2.75) is 36.2 Å². The Morgan fingerprint density at radius 3 is 2.58 bits per heavy atom. The van der Waals surface area contributed by atoms with Gasteiger partial charge in [0, 0.05) is 17.1 Å². The number of aromatic nitrogens is 2. The van der Waals surface area contributed by atoms with Gasteiger partial charge >= 0.3 is 0 Å². The molecule has 3 aromatic rings. The summed E-state index contributed by atoms with van der Waals surface area (Å²) in [5.41, 5.74) is 1.82. The zero-order chi connectivity index (χ0) is 17.9. The molecule has 1 aromatic heterocycles. The van der Waals surface area contributed by atoms with Gasteiger partial charge < -0.3 is 10.6 Å². The highest BCUT2D eigenvalue weighted by Crippen LogP contribution is 2.29. The number of hydrogen-bond donors (Lipinski definition) is 2. The van der Waals surface area contributed by atoms with E-state index >= 15 is 0 Å². The largest absolute Gasteiger partial charge is 0.352 e. The van der Waals surface area contributed by atoms with Crippen LogP contribution in [0.15, 0.2) is 59.8 Å². The van der Waals surface area contributed by atoms with Gasteiger partial charge in [0.1, 0.15) is 5.82 Å². The minimum absolute atomic E-state index is 0.0480. The summed E-state index contributed by atoms with van der Waals surface area (Å²) in [6.07, 6.45) is 2.17. The fraction of sp³-hybridized carbons (Fsp3) is 0.250. The monoisotopic (exact) mass is 364 g/mol. The normalized spacial score (nSPS) is 14.8. The third kappa shape index (κ3) is 3.96. The van der Waals surface area contributed by atoms with Gasteiger partial charge in [-0.1, -0.05) is 42.1 Å². The number of nitrogens with one attached hydrogen (secondary N) is 2. The van der Waals surface area contributed by atoms with Crippen LogP contribution in [0, 0.1) is 0 Å². The molecule has 0 unspecified atom stereocenters. The van der Waals surface area contributed by atoms with Gasteiger partial charge in [-0.2, -0.15) is 0 Å². The van der Waals surface area contributed by atoms with E-state index in [1.165, 1.54) is 11.8 Å². The molecule has 6 heteroatoms. The molecule has 0 spiro atoms. The summed E-state index contributed by atoms with van der Waals surface area (Å²) >= 11 is 1.39. The first-order valence-corrected chi connectivity index (χ1v) is 9.63. The average Bonchev–Trinajstić information content (AvgIpc) is 3.46. The number of thioether (sulfide) groups is 1. The van der Waals surface area contributed by atoms with Crippen molar-refractivity contribution in [3.05, 3.63) is 54.6 Å². The smallest absolute Gasteiger partial charge is 0.233 e. The minimum Gasteiger partial charge on any atom is -0.352 e. The predicted molar refractivity (Wildman–Crippen MR) is 106 cm³/mol. The van der Waals surface area contributed by atoms with Gasteiger partial charge in [0.25, 0.3) is 0 Å². The molecule has 1 aliphatic rings. The Labute approximate surface area is 156 Å². The molecule has 1 atom stereocenters. The Kier molecular flexibility index (Phi) is 4.75. The van der Waals surface area contributed by atoms with Crippen molar-refractivity contribution in [1.82, 2.24) is 15.3 Å². The standard InChI is InChI=1S/C20H20N4OS/c1-13(19(25)22-15-11-12-15)26-20-23-17-10-6-5-9-16(17)18(24-20)21-14-7-3-2-4-8-14/h2-10,13,15H,11-12H2,1H3,(H,22,25)(H,21,23,24)/t13-/m0/s1. The van der Waals surface area contributed by atoms with Gasteiger partial charge in [-0.05, 0) is 44.0 Å². The molecule has 1 aliphatic carbocycles. The first-order chi connectivity index (χ1) is 12.7. The van der Waals surface area contributed by atoms with E-state index in [1.54, 1.807) is 0 Å². The van der Waals surface area contributed by atoms with Gasteiger partial charge in [0.2, 0.25) is 5.91 Å². The van der Waals surface area contributed by atoms with Crippen LogP contribution in [0.2, 0.25) is 0 Å². The molecule has 1 heterocycles. The van der Waals surface area contributed by atoms with Crippen molar-refractivity contribution in [3.8, 4) is 0 Å². The number of para-hydroxylation sites is 2. The summed E-state index contributed by atoms with van der Waals surface area (Å²) in [6.45, 7) is 1.89. The number of rotatable bonds is 6. The molecule has 1 amide bonds. The van der Waals surface area contributed by atoms with Crippen molar-refractivity contribution < 1.29 is 4.79 Å². The molecule has 2 aromatic carbocycles. The second kappa shape index (κ2) is 7.33. The summed E-state index contributed by atoms with van der Waals surface area (Å²) in [7, 11) is 0. The minimum atomic E-state index is -0.235. The van der Waals surface area contributed by atoms with Crippen LogP contribution in [0.1, 0.15) is 19.8 Å². The van der Waals surface area contributed by atoms with Crippen molar-refractivity contribution in [2.75, 3.05) is 5.32 Å². The molecule has 1 fully saturated rings. The van der Waals surface area contributed by atoms with Crippen LogP contribution in [0.3, 0.4) is 0 Å². The van der Waals surface area contributed by atoms with Crippen LogP contribution in [0.25, 0.3) is 10.9 Å². The summed E-state index contributed by atoms with van der Waals surface area (Å²) in [6, 6.07) is 18.2. The van der Waals surface area contributed by atoms with Crippen molar-refractivity contribution in [3.63, 3.8) is 0 Å². The van der Waals surface area contributed by atoms with E-state index in [-0.39, 0.29) is 11.2 Å². The van der Waals surface area contributed by atoms with E-state index in [4.69, 9.17) is 0 Å². The molecule has 0 saturated heterocycles. The van der Waals surface area contributed by atoms with Gasteiger partial charge in [0.05, 0.1) is 10.8 Å². The topological polar surface area (TPSA) is 66.9 Å². The zero-order valence-electron chi connectivity index (χ0n) is 14.5. The number of carbonyl (C=O) groups is 1. The fourth-order valence-electron chi connectivity index (χ4n) is 2.62. The highest BCUT2D eigenvalue weighted by atomic mass is 32.2. The van der Waals surface area contributed by atoms with Crippen LogP contribution in [-0.4, -0.2) is 27.2 Å². The van der Waals surface area contributed by atoms with E-state index in [0.29, 0.717) is 11.2 Å². The number of anilines is 2. The van der Waals surface area contributed by atoms with Crippen molar-refractivity contribution in [2.24, 2.45) is 0 Å².